The van der Waals surface area contributed by atoms with Crippen molar-refractivity contribution in [2.45, 2.75) is 12.5 Å². The van der Waals surface area contributed by atoms with Crippen LogP contribution in [0.4, 0.5) is 16.2 Å². The number of aliphatic hydroxyl groups is 1. The lowest BCUT2D eigenvalue weighted by Gasteiger charge is -2.14. The molecule has 0 aliphatic heterocycles. The standard InChI is InChI=1S/C13H14ClN3O4/c14-11-6-10(17(20)21)3-4-12(11)16-13(19)15-9-2-1-8(5-9)7-18/h1-4,6,8-9,18H,5,7H2,(H2,15,16,19)/t8-,9+/m0/s1. The molecule has 1 aromatic carbocycles. The molecule has 7 nitrogen and oxygen atoms in total. The minimum absolute atomic E-state index is 0.0461. The summed E-state index contributed by atoms with van der Waals surface area (Å²) in [7, 11) is 0. The Morgan fingerprint density at radius 2 is 2.24 bits per heavy atom. The van der Waals surface area contributed by atoms with Crippen LogP contribution in [-0.2, 0) is 0 Å². The number of nitro groups is 1. The summed E-state index contributed by atoms with van der Waals surface area (Å²) in [4.78, 5) is 21.9. The van der Waals surface area contributed by atoms with Crippen molar-refractivity contribution in [1.29, 1.82) is 0 Å². The van der Waals surface area contributed by atoms with E-state index >= 15 is 0 Å². The van der Waals surface area contributed by atoms with E-state index in [4.69, 9.17) is 16.7 Å². The summed E-state index contributed by atoms with van der Waals surface area (Å²) >= 11 is 5.89. The molecule has 2 amide bonds. The first-order valence-electron chi connectivity index (χ1n) is 6.30. The summed E-state index contributed by atoms with van der Waals surface area (Å²) in [6, 6.07) is 3.20. The van der Waals surface area contributed by atoms with Gasteiger partial charge in [-0.3, -0.25) is 10.1 Å². The van der Waals surface area contributed by atoms with E-state index in [0.29, 0.717) is 12.1 Å². The van der Waals surface area contributed by atoms with Gasteiger partial charge < -0.3 is 15.7 Å². The van der Waals surface area contributed by atoms with Crippen LogP contribution in [0.2, 0.25) is 5.02 Å². The van der Waals surface area contributed by atoms with Crippen molar-refractivity contribution in [3.63, 3.8) is 0 Å². The number of urea groups is 1. The van der Waals surface area contributed by atoms with Crippen LogP contribution in [0.1, 0.15) is 6.42 Å². The molecule has 0 unspecified atom stereocenters. The Morgan fingerprint density at radius 1 is 1.48 bits per heavy atom. The molecule has 0 fully saturated rings. The lowest BCUT2D eigenvalue weighted by Crippen LogP contribution is -2.36. The van der Waals surface area contributed by atoms with Crippen LogP contribution >= 0.6 is 11.6 Å². The van der Waals surface area contributed by atoms with E-state index in [1.54, 1.807) is 0 Å². The Balaban J connectivity index is 1.94. The first-order valence-corrected chi connectivity index (χ1v) is 6.68. The molecule has 2 atom stereocenters. The van der Waals surface area contributed by atoms with Crippen molar-refractivity contribution in [2.75, 3.05) is 11.9 Å². The van der Waals surface area contributed by atoms with E-state index in [-0.39, 0.29) is 29.3 Å². The highest BCUT2D eigenvalue weighted by molar-refractivity contribution is 6.33. The van der Waals surface area contributed by atoms with Gasteiger partial charge in [-0.15, -0.1) is 0 Å². The third kappa shape index (κ3) is 3.93. The van der Waals surface area contributed by atoms with Gasteiger partial charge >= 0.3 is 6.03 Å². The van der Waals surface area contributed by atoms with E-state index in [2.05, 4.69) is 10.6 Å². The average molecular weight is 312 g/mol. The van der Waals surface area contributed by atoms with E-state index in [1.807, 2.05) is 12.2 Å². The summed E-state index contributed by atoms with van der Waals surface area (Å²) < 4.78 is 0. The van der Waals surface area contributed by atoms with Crippen LogP contribution in [0.25, 0.3) is 0 Å². The molecule has 1 aliphatic carbocycles. The molecule has 0 saturated carbocycles. The first kappa shape index (κ1) is 15.3. The van der Waals surface area contributed by atoms with Crippen molar-refractivity contribution in [2.24, 2.45) is 5.92 Å². The van der Waals surface area contributed by atoms with Crippen molar-refractivity contribution in [3.8, 4) is 0 Å². The van der Waals surface area contributed by atoms with Gasteiger partial charge in [0.2, 0.25) is 0 Å². The minimum Gasteiger partial charge on any atom is -0.396 e. The summed E-state index contributed by atoms with van der Waals surface area (Å²) in [6.07, 6.45) is 4.31. The topological polar surface area (TPSA) is 104 Å². The van der Waals surface area contributed by atoms with Crippen molar-refractivity contribution >= 4 is 29.0 Å². The van der Waals surface area contributed by atoms with Crippen LogP contribution in [0.5, 0.6) is 0 Å². The van der Waals surface area contributed by atoms with Crippen LogP contribution in [0.15, 0.2) is 30.4 Å². The number of carbonyl (C=O) groups excluding carboxylic acids is 1. The Labute approximate surface area is 125 Å². The van der Waals surface area contributed by atoms with E-state index in [1.165, 1.54) is 18.2 Å². The van der Waals surface area contributed by atoms with Crippen LogP contribution in [0.3, 0.4) is 0 Å². The number of non-ortho nitro benzene ring substituents is 1. The van der Waals surface area contributed by atoms with Gasteiger partial charge in [0.15, 0.2) is 0 Å². The zero-order chi connectivity index (χ0) is 15.4. The first-order chi connectivity index (χ1) is 9.99. The van der Waals surface area contributed by atoms with Crippen LogP contribution in [-0.4, -0.2) is 28.7 Å². The van der Waals surface area contributed by atoms with Gasteiger partial charge in [-0.2, -0.15) is 0 Å². The Bertz CT molecular complexity index is 591. The number of halogens is 1. The van der Waals surface area contributed by atoms with Gasteiger partial charge in [-0.05, 0) is 12.5 Å². The highest BCUT2D eigenvalue weighted by Crippen LogP contribution is 2.26. The van der Waals surface area contributed by atoms with Crippen molar-refractivity contribution < 1.29 is 14.8 Å². The third-order valence-electron chi connectivity index (χ3n) is 3.13. The molecule has 0 saturated heterocycles. The Morgan fingerprint density at radius 3 is 2.81 bits per heavy atom. The Kier molecular flexibility index (Phi) is 4.77. The maximum Gasteiger partial charge on any atom is 0.319 e. The number of benzene rings is 1. The van der Waals surface area contributed by atoms with Crippen LogP contribution < -0.4 is 10.6 Å². The molecule has 0 bridgehead atoms. The molecule has 2 rings (SSSR count). The second kappa shape index (κ2) is 6.55. The molecule has 0 spiro atoms. The largest absolute Gasteiger partial charge is 0.396 e. The number of rotatable bonds is 4. The fraction of sp³-hybridized carbons (Fsp3) is 0.308. The maximum atomic E-state index is 11.8. The van der Waals surface area contributed by atoms with E-state index < -0.39 is 11.0 Å². The number of nitrogens with one attached hydrogen (secondary N) is 2. The second-order valence-electron chi connectivity index (χ2n) is 4.69. The zero-order valence-corrected chi connectivity index (χ0v) is 11.7. The van der Waals surface area contributed by atoms with Crippen molar-refractivity contribution in [1.82, 2.24) is 5.32 Å². The average Bonchev–Trinajstić information content (AvgIpc) is 2.88. The van der Waals surface area contributed by atoms with E-state index in [0.717, 1.165) is 0 Å². The summed E-state index contributed by atoms with van der Waals surface area (Å²) in [5.74, 6) is 0.0539. The highest BCUT2D eigenvalue weighted by atomic mass is 35.5. The Hall–Kier alpha value is -2.12. The predicted octanol–water partition coefficient (Wildman–Crippen LogP) is 2.31. The molecule has 0 radical (unpaired) electrons. The SMILES string of the molecule is O=C(Nc1ccc([N+](=O)[O-])cc1Cl)N[C@@H]1C=C[C@H](CO)C1. The lowest BCUT2D eigenvalue weighted by molar-refractivity contribution is -0.384. The van der Waals surface area contributed by atoms with Crippen LogP contribution in [0, 0.1) is 16.0 Å². The smallest absolute Gasteiger partial charge is 0.319 e. The zero-order valence-electron chi connectivity index (χ0n) is 11.0. The monoisotopic (exact) mass is 311 g/mol. The second-order valence-corrected chi connectivity index (χ2v) is 5.10. The summed E-state index contributed by atoms with van der Waals surface area (Å²) in [5.41, 5.74) is 0.149. The molecule has 8 heteroatoms. The number of carbonyl (C=O) groups is 1. The molecule has 1 aliphatic rings. The van der Waals surface area contributed by atoms with Gasteiger partial charge in [-0.25, -0.2) is 4.79 Å². The number of hydrogen-bond donors (Lipinski definition) is 3. The molecule has 0 aromatic heterocycles. The fourth-order valence-corrected chi connectivity index (χ4v) is 2.28. The molecule has 112 valence electrons. The minimum atomic E-state index is -0.561. The number of amides is 2. The van der Waals surface area contributed by atoms with E-state index in [9.17, 15) is 14.9 Å². The molecule has 3 N–H and O–H groups in total. The van der Waals surface area contributed by atoms with Gasteiger partial charge in [0.25, 0.3) is 5.69 Å². The molecule has 21 heavy (non-hydrogen) atoms. The third-order valence-corrected chi connectivity index (χ3v) is 3.45. The lowest BCUT2D eigenvalue weighted by atomic mass is 10.1. The molecular weight excluding hydrogens is 298 g/mol. The maximum absolute atomic E-state index is 11.8. The highest BCUT2D eigenvalue weighted by Gasteiger charge is 2.20. The predicted molar refractivity (Wildman–Crippen MR) is 78.4 cm³/mol. The van der Waals surface area contributed by atoms with Gasteiger partial charge in [0.1, 0.15) is 0 Å². The number of anilines is 1. The summed E-state index contributed by atoms with van der Waals surface area (Å²) in [5, 5.41) is 24.9. The van der Waals surface area contributed by atoms with Crippen molar-refractivity contribution in [3.05, 3.63) is 45.5 Å². The summed E-state index contributed by atoms with van der Waals surface area (Å²) in [6.45, 7) is 0.0461. The number of nitrogens with zero attached hydrogens (tertiary/aromatic N) is 1. The molecule has 1 aromatic rings. The number of nitro benzene ring substituents is 1. The van der Waals surface area contributed by atoms with Gasteiger partial charge in [0.05, 0.1) is 15.6 Å². The quantitative estimate of drug-likeness (QED) is 0.451. The fourth-order valence-electron chi connectivity index (χ4n) is 2.06. The number of hydrogen-bond acceptors (Lipinski definition) is 4. The van der Waals surface area contributed by atoms with Gasteiger partial charge in [0, 0.05) is 30.7 Å². The normalized spacial score (nSPS) is 20.3. The number of aliphatic hydroxyl groups excluding tert-OH is 1. The van der Waals surface area contributed by atoms with Gasteiger partial charge in [-0.1, -0.05) is 23.8 Å². The molecule has 0 heterocycles. The molecular formula is C13H14ClN3O4.